The quantitative estimate of drug-likeness (QED) is 0.172. The largest absolute Gasteiger partial charge is 0.437 e. The summed E-state index contributed by atoms with van der Waals surface area (Å²) < 4.78 is 29.8. The summed E-state index contributed by atoms with van der Waals surface area (Å²) in [5, 5.41) is 1.70. The first-order chi connectivity index (χ1) is 18.9. The molecule has 0 aliphatic heterocycles. The number of fused-ring (bicyclic) bond motifs is 4. The molecule has 0 aliphatic carbocycles. The predicted molar refractivity (Wildman–Crippen MR) is 148 cm³/mol. The number of hydrogen-bond donors (Lipinski definition) is 0. The number of benzene rings is 2. The van der Waals surface area contributed by atoms with Crippen LogP contribution in [0.5, 0.6) is 0 Å². The van der Waals surface area contributed by atoms with Gasteiger partial charge in [-0.3, -0.25) is 0 Å². The fourth-order valence-electron chi connectivity index (χ4n) is 4.15. The van der Waals surface area contributed by atoms with Crippen LogP contribution < -0.4 is 0 Å². The molecule has 0 amide bonds. The maximum atomic E-state index is 7.56. The molecule has 0 atom stereocenters. The molecule has 7 rings (SSSR count). The molecule has 0 N–H and O–H groups in total. The van der Waals surface area contributed by atoms with Crippen molar-refractivity contribution in [1.29, 1.82) is 0 Å². The third-order valence-electron chi connectivity index (χ3n) is 5.79. The van der Waals surface area contributed by atoms with Crippen molar-refractivity contribution in [2.45, 2.75) is 13.8 Å². The molecule has 0 spiro atoms. The van der Waals surface area contributed by atoms with Gasteiger partial charge in [0.2, 0.25) is 5.71 Å². The van der Waals surface area contributed by atoms with Crippen LogP contribution in [0.25, 0.3) is 54.8 Å². The average molecular weight is 680 g/mol. The Morgan fingerprint density at radius 1 is 0.865 bits per heavy atom. The molecule has 0 unspecified atom stereocenters. The molecule has 5 heterocycles. The van der Waals surface area contributed by atoms with Gasteiger partial charge in [-0.2, -0.15) is 0 Å². The molecule has 37 heavy (non-hydrogen) atoms. The first-order valence-corrected chi connectivity index (χ1v) is 12.3. The van der Waals surface area contributed by atoms with Crippen LogP contribution in [0.4, 0.5) is 0 Å². The fraction of sp³-hybridized carbons (Fsp3) is 0.0645. The zero-order valence-corrected chi connectivity index (χ0v) is 22.9. The second kappa shape index (κ2) is 10.7. The van der Waals surface area contributed by atoms with Gasteiger partial charge in [0.05, 0.1) is 15.9 Å². The summed E-state index contributed by atoms with van der Waals surface area (Å²) in [5.74, 6) is 0. The summed E-state index contributed by atoms with van der Waals surface area (Å²) in [6.07, 6.45) is 1.79. The van der Waals surface area contributed by atoms with Gasteiger partial charge >= 0.3 is 0 Å². The van der Waals surface area contributed by atoms with Crippen LogP contribution >= 0.6 is 11.3 Å². The zero-order valence-electron chi connectivity index (χ0n) is 22.7. The Balaban J connectivity index is 0.000000209. The summed E-state index contributed by atoms with van der Waals surface area (Å²) in [7, 11) is 0. The van der Waals surface area contributed by atoms with Gasteiger partial charge in [-0.25, -0.2) is 9.97 Å². The van der Waals surface area contributed by atoms with Crippen LogP contribution in [-0.2, 0) is 20.1 Å². The Morgan fingerprint density at radius 3 is 2.59 bits per heavy atom. The average Bonchev–Trinajstić information content (AvgIpc) is 3.52. The molecule has 0 bridgehead atoms. The van der Waals surface area contributed by atoms with Crippen molar-refractivity contribution in [1.82, 2.24) is 15.0 Å². The minimum atomic E-state index is -2.26. The first-order valence-electron chi connectivity index (χ1n) is 13.0. The summed E-state index contributed by atoms with van der Waals surface area (Å²) >= 11 is 1.72. The van der Waals surface area contributed by atoms with Gasteiger partial charge in [0.15, 0.2) is 0 Å². The summed E-state index contributed by atoms with van der Waals surface area (Å²) in [4.78, 5) is 14.4. The number of nitrogens with zero attached hydrogens (tertiary/aromatic N) is 3. The molecule has 7 aromatic rings. The third-order valence-corrected chi connectivity index (χ3v) is 6.79. The van der Waals surface area contributed by atoms with Crippen LogP contribution in [0, 0.1) is 19.8 Å². The molecule has 0 aliphatic rings. The van der Waals surface area contributed by atoms with Gasteiger partial charge in [-0.05, 0) is 61.9 Å². The molecule has 0 saturated carbocycles. The maximum Gasteiger partial charge on any atom is 0.227 e. The predicted octanol–water partition coefficient (Wildman–Crippen LogP) is 8.42. The second-order valence-electron chi connectivity index (χ2n) is 8.26. The normalized spacial score (nSPS) is 12.3. The maximum absolute atomic E-state index is 7.56. The smallest absolute Gasteiger partial charge is 0.227 e. The molecule has 0 fully saturated rings. The number of thiophene rings is 1. The van der Waals surface area contributed by atoms with E-state index in [1.165, 1.54) is 10.9 Å². The minimum Gasteiger partial charge on any atom is -0.437 e. The monoisotopic (exact) mass is 680 g/mol. The fourth-order valence-corrected chi connectivity index (χ4v) is 5.02. The van der Waals surface area contributed by atoms with Crippen LogP contribution in [0.15, 0.2) is 102 Å². The number of aromatic nitrogens is 3. The Hall–Kier alpha value is -3.70. The van der Waals surface area contributed by atoms with Crippen molar-refractivity contribution in [2.24, 2.45) is 0 Å². The van der Waals surface area contributed by atoms with E-state index < -0.39 is 6.85 Å². The topological polar surface area (TPSA) is 51.8 Å². The van der Waals surface area contributed by atoms with Gasteiger partial charge in [0, 0.05) is 57.3 Å². The van der Waals surface area contributed by atoms with Crippen LogP contribution in [0.2, 0.25) is 0 Å². The van der Waals surface area contributed by atoms with Crippen molar-refractivity contribution in [2.75, 3.05) is 0 Å². The Morgan fingerprint density at radius 2 is 1.78 bits per heavy atom. The number of furan rings is 1. The van der Waals surface area contributed by atoms with Gasteiger partial charge < -0.3 is 9.40 Å². The van der Waals surface area contributed by atoms with Crippen molar-refractivity contribution in [3.05, 3.63) is 114 Å². The molecule has 2 aromatic carbocycles. The van der Waals surface area contributed by atoms with Crippen molar-refractivity contribution in [3.8, 4) is 22.5 Å². The Labute approximate surface area is 236 Å². The van der Waals surface area contributed by atoms with E-state index in [1.807, 2.05) is 66.7 Å². The first kappa shape index (κ1) is 21.4. The molecule has 6 heteroatoms. The van der Waals surface area contributed by atoms with E-state index in [1.54, 1.807) is 23.6 Å². The number of aryl methyl sites for hydroxylation is 2. The second-order valence-corrected chi connectivity index (χ2v) is 9.55. The molecule has 5 aromatic heterocycles. The van der Waals surface area contributed by atoms with E-state index in [0.717, 1.165) is 43.5 Å². The van der Waals surface area contributed by atoms with E-state index in [2.05, 4.69) is 35.1 Å². The number of rotatable bonds is 2. The Bertz CT molecular complexity index is 1880. The van der Waals surface area contributed by atoms with E-state index in [4.69, 9.17) is 13.5 Å². The summed E-state index contributed by atoms with van der Waals surface area (Å²) in [6, 6.07) is 32.1. The van der Waals surface area contributed by atoms with Crippen molar-refractivity contribution >= 4 is 43.6 Å². The van der Waals surface area contributed by atoms with E-state index in [-0.39, 0.29) is 25.8 Å². The number of pyridine rings is 3. The summed E-state index contributed by atoms with van der Waals surface area (Å²) in [5.41, 5.74) is 5.69. The number of para-hydroxylation sites is 1. The van der Waals surface area contributed by atoms with Crippen LogP contribution in [-0.4, -0.2) is 15.0 Å². The van der Waals surface area contributed by atoms with E-state index in [0.29, 0.717) is 11.3 Å². The molecule has 4 nitrogen and oxygen atoms in total. The van der Waals surface area contributed by atoms with Crippen LogP contribution in [0.3, 0.4) is 0 Å². The van der Waals surface area contributed by atoms with Crippen LogP contribution in [0.1, 0.15) is 14.7 Å². The minimum absolute atomic E-state index is 0. The summed E-state index contributed by atoms with van der Waals surface area (Å²) in [6.45, 7) is -0.195. The van der Waals surface area contributed by atoms with E-state index >= 15 is 0 Å². The Kier molecular flexibility index (Phi) is 6.20. The van der Waals surface area contributed by atoms with Gasteiger partial charge in [0.25, 0.3) is 0 Å². The third kappa shape index (κ3) is 5.09. The van der Waals surface area contributed by atoms with Crippen molar-refractivity contribution in [3.63, 3.8) is 0 Å². The van der Waals surface area contributed by atoms with Gasteiger partial charge in [0.1, 0.15) is 5.58 Å². The van der Waals surface area contributed by atoms with E-state index in [9.17, 15) is 0 Å². The van der Waals surface area contributed by atoms with Crippen molar-refractivity contribution < 1.29 is 28.6 Å². The van der Waals surface area contributed by atoms with Gasteiger partial charge in [-0.15, -0.1) is 47.2 Å². The SMILES string of the molecule is [2H]C([2H])([2H])c1ccc2c(n1)oc1c(-c3ccc4sc(C)cc4n3)cccc12.[Ir].[c-]1ccccc1-c1ccccn1. The molecular formula is C31H22IrN3OS-. The van der Waals surface area contributed by atoms with Gasteiger partial charge in [-0.1, -0.05) is 24.3 Å². The standard InChI is InChI=1S/C20H14N2OS.C11H8N.Ir/c1-11-6-7-14-13-4-3-5-15(19(13)23-20(14)21-11)16-8-9-18-17(22-16)10-12(2)24-18;1-2-6-10(7-3-1)11-8-4-5-9-12-11;/h3-10H,1-2H3;1-6,8-9H;/q;-1;/i1D3;;. The molecule has 0 saturated heterocycles. The molecule has 1 radical (unpaired) electrons. The zero-order chi connectivity index (χ0) is 27.0. The number of hydrogen-bond acceptors (Lipinski definition) is 5. The molecular weight excluding hydrogens is 655 g/mol. The molecule has 183 valence electrons.